The Bertz CT molecular complexity index is 597. The van der Waals surface area contributed by atoms with E-state index in [0.29, 0.717) is 13.1 Å². The third-order valence-electron chi connectivity index (χ3n) is 4.42. The molecule has 3 heterocycles. The molecule has 0 amide bonds. The second-order valence-electron chi connectivity index (χ2n) is 6.00. The molecule has 1 atom stereocenters. The minimum atomic E-state index is -3.11. The van der Waals surface area contributed by atoms with Crippen molar-refractivity contribution in [2.75, 3.05) is 50.5 Å². The number of hydrogen-bond donors (Lipinski definition) is 0. The van der Waals surface area contributed by atoms with Crippen molar-refractivity contribution in [1.29, 1.82) is 0 Å². The molecule has 0 bridgehead atoms. The van der Waals surface area contributed by atoms with E-state index in [1.807, 2.05) is 12.3 Å². The minimum absolute atomic E-state index is 0.196. The normalized spacial score (nSPS) is 24.4. The van der Waals surface area contributed by atoms with Gasteiger partial charge in [0.05, 0.1) is 31.4 Å². The van der Waals surface area contributed by atoms with Crippen LogP contribution in [0.2, 0.25) is 0 Å². The third-order valence-corrected chi connectivity index (χ3v) is 5.69. The number of sulfonamides is 1. The fourth-order valence-corrected chi connectivity index (χ4v) is 4.04. The zero-order valence-electron chi connectivity index (χ0n) is 12.9. The molecule has 2 saturated heterocycles. The molecule has 0 N–H and O–H groups in total. The molecule has 1 aromatic heterocycles. The average molecular weight is 325 g/mol. The summed E-state index contributed by atoms with van der Waals surface area (Å²) in [6.45, 7) is 4.48. The average Bonchev–Trinajstić information content (AvgIpc) is 2.55. The van der Waals surface area contributed by atoms with Gasteiger partial charge < -0.3 is 9.64 Å². The van der Waals surface area contributed by atoms with Crippen LogP contribution in [-0.4, -0.2) is 63.4 Å². The quantitative estimate of drug-likeness (QED) is 0.831. The molecule has 0 aromatic carbocycles. The standard InChI is InChI=1S/C15H23N3O3S/c1-22(19,20)18-6-2-3-13(12-18)15-5-4-14(11-16-15)17-7-9-21-10-8-17/h4-5,11,13H,2-3,6-10,12H2,1H3. The van der Waals surface area contributed by atoms with Crippen LogP contribution in [0.5, 0.6) is 0 Å². The Balaban J connectivity index is 1.69. The zero-order chi connectivity index (χ0) is 15.6. The molecule has 0 radical (unpaired) electrons. The number of hydrogen-bond acceptors (Lipinski definition) is 5. The summed E-state index contributed by atoms with van der Waals surface area (Å²) in [6.07, 6.45) is 5.07. The molecule has 3 rings (SSSR count). The Labute approximate surface area is 132 Å². The van der Waals surface area contributed by atoms with Crippen LogP contribution in [0.15, 0.2) is 18.3 Å². The van der Waals surface area contributed by atoms with Crippen LogP contribution in [0.4, 0.5) is 5.69 Å². The molecule has 2 fully saturated rings. The summed E-state index contributed by atoms with van der Waals surface area (Å²) in [7, 11) is -3.11. The second kappa shape index (κ2) is 6.52. The molecular formula is C15H23N3O3S. The largest absolute Gasteiger partial charge is 0.378 e. The predicted octanol–water partition coefficient (Wildman–Crippen LogP) is 1.06. The van der Waals surface area contributed by atoms with Crippen LogP contribution >= 0.6 is 0 Å². The van der Waals surface area contributed by atoms with Crippen LogP contribution in [0.3, 0.4) is 0 Å². The lowest BCUT2D eigenvalue weighted by atomic mass is 9.95. The molecule has 0 saturated carbocycles. The van der Waals surface area contributed by atoms with E-state index in [1.165, 1.54) is 6.26 Å². The molecule has 2 aliphatic heterocycles. The molecule has 0 aliphatic carbocycles. The third kappa shape index (κ3) is 3.59. The van der Waals surface area contributed by atoms with E-state index in [0.717, 1.165) is 50.5 Å². The van der Waals surface area contributed by atoms with Crippen molar-refractivity contribution >= 4 is 15.7 Å². The number of rotatable bonds is 3. The van der Waals surface area contributed by atoms with Crippen LogP contribution in [0.25, 0.3) is 0 Å². The van der Waals surface area contributed by atoms with E-state index in [4.69, 9.17) is 4.74 Å². The summed E-state index contributed by atoms with van der Waals surface area (Å²) < 4.78 is 30.3. The molecule has 2 aliphatic rings. The minimum Gasteiger partial charge on any atom is -0.378 e. The van der Waals surface area contributed by atoms with Gasteiger partial charge in [0.2, 0.25) is 10.0 Å². The Morgan fingerprint density at radius 3 is 2.64 bits per heavy atom. The smallest absolute Gasteiger partial charge is 0.211 e. The van der Waals surface area contributed by atoms with Crippen molar-refractivity contribution in [3.05, 3.63) is 24.0 Å². The van der Waals surface area contributed by atoms with Crippen LogP contribution in [-0.2, 0) is 14.8 Å². The van der Waals surface area contributed by atoms with Gasteiger partial charge >= 0.3 is 0 Å². The summed E-state index contributed by atoms with van der Waals surface area (Å²) in [6, 6.07) is 4.13. The van der Waals surface area contributed by atoms with Crippen LogP contribution in [0, 0.1) is 0 Å². The SMILES string of the molecule is CS(=O)(=O)N1CCCC(c2ccc(N3CCOCC3)cn2)C1. The van der Waals surface area contributed by atoms with E-state index in [-0.39, 0.29) is 5.92 Å². The highest BCUT2D eigenvalue weighted by Crippen LogP contribution is 2.28. The van der Waals surface area contributed by atoms with Crippen molar-refractivity contribution in [2.24, 2.45) is 0 Å². The number of morpholine rings is 1. The highest BCUT2D eigenvalue weighted by molar-refractivity contribution is 7.88. The first-order valence-electron chi connectivity index (χ1n) is 7.78. The maximum atomic E-state index is 11.7. The van der Waals surface area contributed by atoms with E-state index in [9.17, 15) is 8.42 Å². The molecular weight excluding hydrogens is 302 g/mol. The predicted molar refractivity (Wildman–Crippen MR) is 85.7 cm³/mol. The van der Waals surface area contributed by atoms with E-state index in [2.05, 4.69) is 16.0 Å². The van der Waals surface area contributed by atoms with Crippen molar-refractivity contribution < 1.29 is 13.2 Å². The zero-order valence-corrected chi connectivity index (χ0v) is 13.8. The van der Waals surface area contributed by atoms with Gasteiger partial charge in [-0.1, -0.05) is 0 Å². The maximum absolute atomic E-state index is 11.7. The molecule has 22 heavy (non-hydrogen) atoms. The lowest BCUT2D eigenvalue weighted by molar-refractivity contribution is 0.122. The Morgan fingerprint density at radius 1 is 1.23 bits per heavy atom. The first kappa shape index (κ1) is 15.7. The van der Waals surface area contributed by atoms with Crippen LogP contribution in [0.1, 0.15) is 24.5 Å². The van der Waals surface area contributed by atoms with Gasteiger partial charge in [-0.2, -0.15) is 0 Å². The number of aromatic nitrogens is 1. The summed E-state index contributed by atoms with van der Waals surface area (Å²) in [5.74, 6) is 0.196. The molecule has 1 unspecified atom stereocenters. The maximum Gasteiger partial charge on any atom is 0.211 e. The lowest BCUT2D eigenvalue weighted by Crippen LogP contribution is -2.38. The lowest BCUT2D eigenvalue weighted by Gasteiger charge is -2.31. The second-order valence-corrected chi connectivity index (χ2v) is 7.98. The number of nitrogens with zero attached hydrogens (tertiary/aromatic N) is 3. The molecule has 1 aromatic rings. The number of ether oxygens (including phenoxy) is 1. The van der Waals surface area contributed by atoms with Gasteiger partial charge in [0.25, 0.3) is 0 Å². The Hall–Kier alpha value is -1.18. The summed E-state index contributed by atoms with van der Waals surface area (Å²) in [5, 5.41) is 0. The molecule has 7 heteroatoms. The van der Waals surface area contributed by atoms with Crippen LogP contribution < -0.4 is 4.90 Å². The fraction of sp³-hybridized carbons (Fsp3) is 0.667. The van der Waals surface area contributed by atoms with Gasteiger partial charge in [-0.3, -0.25) is 4.98 Å². The summed E-state index contributed by atoms with van der Waals surface area (Å²) >= 11 is 0. The van der Waals surface area contributed by atoms with Crippen molar-refractivity contribution in [3.8, 4) is 0 Å². The molecule has 0 spiro atoms. The van der Waals surface area contributed by atoms with Crippen molar-refractivity contribution in [3.63, 3.8) is 0 Å². The van der Waals surface area contributed by atoms with Gasteiger partial charge in [-0.15, -0.1) is 0 Å². The first-order valence-corrected chi connectivity index (χ1v) is 9.62. The van der Waals surface area contributed by atoms with Crippen molar-refractivity contribution in [2.45, 2.75) is 18.8 Å². The highest BCUT2D eigenvalue weighted by Gasteiger charge is 2.27. The van der Waals surface area contributed by atoms with Gasteiger partial charge in [-0.05, 0) is 25.0 Å². The Morgan fingerprint density at radius 2 is 2.00 bits per heavy atom. The van der Waals surface area contributed by atoms with E-state index in [1.54, 1.807) is 4.31 Å². The Kier molecular flexibility index (Phi) is 4.65. The highest BCUT2D eigenvalue weighted by atomic mass is 32.2. The summed E-state index contributed by atoms with van der Waals surface area (Å²) in [4.78, 5) is 6.86. The number of anilines is 1. The number of pyridine rings is 1. The first-order chi connectivity index (χ1) is 10.5. The molecule has 6 nitrogen and oxygen atoms in total. The van der Waals surface area contributed by atoms with Gasteiger partial charge in [0.1, 0.15) is 0 Å². The van der Waals surface area contributed by atoms with Gasteiger partial charge in [0, 0.05) is 37.8 Å². The van der Waals surface area contributed by atoms with E-state index < -0.39 is 10.0 Å². The topological polar surface area (TPSA) is 62.7 Å². The summed E-state index contributed by atoms with van der Waals surface area (Å²) in [5.41, 5.74) is 2.10. The number of piperidine rings is 1. The van der Waals surface area contributed by atoms with Crippen molar-refractivity contribution in [1.82, 2.24) is 9.29 Å². The monoisotopic (exact) mass is 325 g/mol. The van der Waals surface area contributed by atoms with Gasteiger partial charge in [0.15, 0.2) is 0 Å². The fourth-order valence-electron chi connectivity index (χ4n) is 3.13. The van der Waals surface area contributed by atoms with E-state index >= 15 is 0 Å². The molecule has 122 valence electrons. The van der Waals surface area contributed by atoms with Gasteiger partial charge in [-0.25, -0.2) is 12.7 Å².